The molecule has 0 bridgehead atoms. The lowest BCUT2D eigenvalue weighted by Gasteiger charge is -2.53. The molecule has 1 unspecified atom stereocenters. The fourth-order valence-corrected chi connectivity index (χ4v) is 5.21. The zero-order valence-corrected chi connectivity index (χ0v) is 14.0. The standard InChI is InChI=1S/C20H29NO2/c22-18-6-2-5-16(11-18)20-9-10-21(13-15-3-1-4-15)14-17(20)7-8-19(23)12-20/h2,5-6,11,15,17,19,22-23H,1,3-4,7-10,12-14H2/t17-,19?,20-/m0/s1. The van der Waals surface area contributed by atoms with Crippen molar-refractivity contribution in [2.45, 2.75) is 56.5 Å². The van der Waals surface area contributed by atoms with Crippen LogP contribution in [0.2, 0.25) is 0 Å². The van der Waals surface area contributed by atoms with Crippen LogP contribution in [-0.2, 0) is 5.41 Å². The number of hydrogen-bond acceptors (Lipinski definition) is 3. The quantitative estimate of drug-likeness (QED) is 0.899. The van der Waals surface area contributed by atoms with E-state index in [9.17, 15) is 10.2 Å². The Balaban J connectivity index is 1.57. The molecule has 2 saturated carbocycles. The first-order chi connectivity index (χ1) is 11.2. The van der Waals surface area contributed by atoms with Crippen molar-refractivity contribution >= 4 is 0 Å². The summed E-state index contributed by atoms with van der Waals surface area (Å²) in [6, 6.07) is 7.80. The average Bonchev–Trinajstić information content (AvgIpc) is 2.51. The van der Waals surface area contributed by atoms with Crippen molar-refractivity contribution in [3.63, 3.8) is 0 Å². The monoisotopic (exact) mass is 315 g/mol. The number of nitrogens with zero attached hydrogens (tertiary/aromatic N) is 1. The number of piperidine rings is 1. The van der Waals surface area contributed by atoms with Crippen molar-refractivity contribution in [3.8, 4) is 5.75 Å². The Bertz CT molecular complexity index is 556. The second kappa shape index (κ2) is 6.10. The first kappa shape index (κ1) is 15.5. The van der Waals surface area contributed by atoms with Crippen LogP contribution in [0.15, 0.2) is 24.3 Å². The van der Waals surface area contributed by atoms with Crippen LogP contribution in [0.4, 0.5) is 0 Å². The predicted molar refractivity (Wildman–Crippen MR) is 91.5 cm³/mol. The van der Waals surface area contributed by atoms with Crippen LogP contribution in [0.1, 0.15) is 50.5 Å². The Hall–Kier alpha value is -1.06. The molecule has 2 aliphatic carbocycles. The van der Waals surface area contributed by atoms with Gasteiger partial charge in [0.1, 0.15) is 5.75 Å². The number of aliphatic hydroxyl groups excluding tert-OH is 1. The summed E-state index contributed by atoms with van der Waals surface area (Å²) in [5.74, 6) is 1.89. The van der Waals surface area contributed by atoms with Crippen molar-refractivity contribution in [1.29, 1.82) is 0 Å². The zero-order chi connectivity index (χ0) is 15.9. The molecule has 3 atom stereocenters. The van der Waals surface area contributed by atoms with E-state index in [2.05, 4.69) is 11.0 Å². The van der Waals surface area contributed by atoms with E-state index in [1.54, 1.807) is 6.07 Å². The minimum absolute atomic E-state index is 0.0620. The summed E-state index contributed by atoms with van der Waals surface area (Å²) in [5.41, 5.74) is 1.30. The summed E-state index contributed by atoms with van der Waals surface area (Å²) in [4.78, 5) is 2.67. The molecule has 1 heterocycles. The highest BCUT2D eigenvalue weighted by atomic mass is 16.3. The van der Waals surface area contributed by atoms with Gasteiger partial charge < -0.3 is 15.1 Å². The molecule has 126 valence electrons. The van der Waals surface area contributed by atoms with Gasteiger partial charge in [0.25, 0.3) is 0 Å². The van der Waals surface area contributed by atoms with Crippen LogP contribution in [0.3, 0.4) is 0 Å². The van der Waals surface area contributed by atoms with Crippen LogP contribution >= 0.6 is 0 Å². The molecule has 4 rings (SSSR count). The number of aromatic hydroxyl groups is 1. The molecule has 2 N–H and O–H groups in total. The summed E-state index contributed by atoms with van der Waals surface area (Å²) >= 11 is 0. The van der Waals surface area contributed by atoms with Gasteiger partial charge in [0, 0.05) is 18.5 Å². The van der Waals surface area contributed by atoms with Gasteiger partial charge in [-0.3, -0.25) is 0 Å². The molecule has 3 aliphatic rings. The van der Waals surface area contributed by atoms with E-state index in [0.717, 1.165) is 38.1 Å². The third kappa shape index (κ3) is 2.89. The Labute approximate surface area is 139 Å². The smallest absolute Gasteiger partial charge is 0.115 e. The van der Waals surface area contributed by atoms with E-state index in [-0.39, 0.29) is 11.5 Å². The molecule has 23 heavy (non-hydrogen) atoms. The van der Waals surface area contributed by atoms with Gasteiger partial charge in [0.05, 0.1) is 6.10 Å². The molecule has 3 nitrogen and oxygen atoms in total. The lowest BCUT2D eigenvalue weighted by molar-refractivity contribution is -0.0106. The Kier molecular flexibility index (Phi) is 4.10. The van der Waals surface area contributed by atoms with Crippen LogP contribution in [0, 0.1) is 11.8 Å². The summed E-state index contributed by atoms with van der Waals surface area (Å²) in [6.45, 7) is 3.57. The highest BCUT2D eigenvalue weighted by molar-refractivity contribution is 5.35. The Morgan fingerprint density at radius 2 is 2.04 bits per heavy atom. The third-order valence-electron chi connectivity index (χ3n) is 6.74. The number of likely N-dealkylation sites (tertiary alicyclic amines) is 1. The molecular formula is C20H29NO2. The molecular weight excluding hydrogens is 286 g/mol. The number of hydrogen-bond donors (Lipinski definition) is 2. The predicted octanol–water partition coefficient (Wildman–Crippen LogP) is 3.30. The van der Waals surface area contributed by atoms with Crippen molar-refractivity contribution in [1.82, 2.24) is 4.90 Å². The normalized spacial score (nSPS) is 35.5. The summed E-state index contributed by atoms with van der Waals surface area (Å²) in [7, 11) is 0. The molecule has 3 fully saturated rings. The number of phenols is 1. The fraction of sp³-hybridized carbons (Fsp3) is 0.700. The summed E-state index contributed by atoms with van der Waals surface area (Å²) in [5, 5.41) is 20.3. The Morgan fingerprint density at radius 3 is 2.78 bits per heavy atom. The van der Waals surface area contributed by atoms with Crippen molar-refractivity contribution in [2.75, 3.05) is 19.6 Å². The second-order valence-electron chi connectivity index (χ2n) is 8.15. The molecule has 1 aromatic carbocycles. The number of benzene rings is 1. The average molecular weight is 315 g/mol. The first-order valence-electron chi connectivity index (χ1n) is 9.36. The van der Waals surface area contributed by atoms with Gasteiger partial charge in [-0.15, -0.1) is 0 Å². The maximum Gasteiger partial charge on any atom is 0.115 e. The molecule has 1 aliphatic heterocycles. The number of aliphatic hydroxyl groups is 1. The van der Waals surface area contributed by atoms with Gasteiger partial charge in [-0.25, -0.2) is 0 Å². The Morgan fingerprint density at radius 1 is 1.17 bits per heavy atom. The third-order valence-corrected chi connectivity index (χ3v) is 6.74. The van der Waals surface area contributed by atoms with E-state index in [0.29, 0.717) is 11.7 Å². The summed E-state index contributed by atoms with van der Waals surface area (Å²) < 4.78 is 0. The van der Waals surface area contributed by atoms with Gasteiger partial charge in [-0.1, -0.05) is 18.6 Å². The molecule has 3 heteroatoms. The SMILES string of the molecule is Oc1cccc([C@@]23CCN(CC4CCC4)C[C@@H]2CCC(O)C3)c1. The van der Waals surface area contributed by atoms with Crippen LogP contribution in [0.25, 0.3) is 0 Å². The van der Waals surface area contributed by atoms with Gasteiger partial charge in [-0.2, -0.15) is 0 Å². The van der Waals surface area contributed by atoms with Crippen LogP contribution in [-0.4, -0.2) is 40.9 Å². The topological polar surface area (TPSA) is 43.7 Å². The van der Waals surface area contributed by atoms with Crippen LogP contribution in [0.5, 0.6) is 5.75 Å². The summed E-state index contributed by atoms with van der Waals surface area (Å²) in [6.07, 6.45) is 8.08. The van der Waals surface area contributed by atoms with E-state index in [1.165, 1.54) is 37.9 Å². The van der Waals surface area contributed by atoms with Crippen molar-refractivity contribution in [2.24, 2.45) is 11.8 Å². The van der Waals surface area contributed by atoms with Crippen molar-refractivity contribution in [3.05, 3.63) is 29.8 Å². The lowest BCUT2D eigenvalue weighted by atomic mass is 9.58. The van der Waals surface area contributed by atoms with Crippen LogP contribution < -0.4 is 0 Å². The minimum Gasteiger partial charge on any atom is -0.508 e. The van der Waals surface area contributed by atoms with E-state index in [1.807, 2.05) is 12.1 Å². The van der Waals surface area contributed by atoms with Gasteiger partial charge in [0.15, 0.2) is 0 Å². The highest BCUT2D eigenvalue weighted by Gasteiger charge is 2.48. The fourth-order valence-electron chi connectivity index (χ4n) is 5.21. The largest absolute Gasteiger partial charge is 0.508 e. The number of fused-ring (bicyclic) bond motifs is 1. The maximum absolute atomic E-state index is 10.3. The molecule has 0 aromatic heterocycles. The van der Waals surface area contributed by atoms with Gasteiger partial charge >= 0.3 is 0 Å². The molecule has 0 radical (unpaired) electrons. The first-order valence-corrected chi connectivity index (χ1v) is 9.36. The zero-order valence-electron chi connectivity index (χ0n) is 14.0. The van der Waals surface area contributed by atoms with E-state index in [4.69, 9.17) is 0 Å². The van der Waals surface area contributed by atoms with Gasteiger partial charge in [0.2, 0.25) is 0 Å². The minimum atomic E-state index is -0.188. The van der Waals surface area contributed by atoms with Crippen molar-refractivity contribution < 1.29 is 10.2 Å². The lowest BCUT2D eigenvalue weighted by Crippen LogP contribution is -2.54. The molecule has 1 saturated heterocycles. The molecule has 0 spiro atoms. The second-order valence-corrected chi connectivity index (χ2v) is 8.15. The van der Waals surface area contributed by atoms with Gasteiger partial charge in [-0.05, 0) is 74.6 Å². The van der Waals surface area contributed by atoms with E-state index < -0.39 is 0 Å². The van der Waals surface area contributed by atoms with E-state index >= 15 is 0 Å². The number of rotatable bonds is 3. The highest BCUT2D eigenvalue weighted by Crippen LogP contribution is 2.49. The maximum atomic E-state index is 10.3. The molecule has 1 aromatic rings. The molecule has 0 amide bonds. The number of phenolic OH excluding ortho intramolecular Hbond substituents is 1.